The molecule has 1 saturated carbocycles. The molecule has 2 amide bonds. The number of hydrogen-bond donors (Lipinski definition) is 0. The van der Waals surface area contributed by atoms with Gasteiger partial charge in [0.25, 0.3) is 0 Å². The molecule has 3 nitrogen and oxygen atoms in total. The van der Waals surface area contributed by atoms with Crippen molar-refractivity contribution in [3.05, 3.63) is 42.0 Å². The van der Waals surface area contributed by atoms with Crippen LogP contribution >= 0.6 is 0 Å². The fraction of sp³-hybridized carbons (Fsp3) is 0.333. The molecule has 2 fully saturated rings. The van der Waals surface area contributed by atoms with Crippen molar-refractivity contribution in [2.45, 2.75) is 6.42 Å². The van der Waals surface area contributed by atoms with Crippen LogP contribution in [-0.2, 0) is 9.59 Å². The number of anilines is 1. The van der Waals surface area contributed by atoms with Crippen molar-refractivity contribution >= 4 is 17.5 Å². The standard InChI is InChI=1S/C15H11F2NO2/c16-9-3-4-11(10(17)6-9)18-14(19)12-7-1-2-8(5-7)13(12)15(18)20/h1-4,6-8,12-13H,5H2. The summed E-state index contributed by atoms with van der Waals surface area (Å²) in [7, 11) is 0. The van der Waals surface area contributed by atoms with Crippen LogP contribution in [0.1, 0.15) is 6.42 Å². The number of benzene rings is 1. The van der Waals surface area contributed by atoms with Gasteiger partial charge in [0.05, 0.1) is 17.5 Å². The lowest BCUT2D eigenvalue weighted by Gasteiger charge is -2.17. The summed E-state index contributed by atoms with van der Waals surface area (Å²) in [5.74, 6) is -2.92. The first-order valence-corrected chi connectivity index (χ1v) is 6.59. The Hall–Kier alpha value is -2.04. The van der Waals surface area contributed by atoms with E-state index < -0.39 is 11.6 Å². The van der Waals surface area contributed by atoms with E-state index in [2.05, 4.69) is 0 Å². The van der Waals surface area contributed by atoms with Gasteiger partial charge >= 0.3 is 0 Å². The Morgan fingerprint density at radius 1 is 1.00 bits per heavy atom. The lowest BCUT2D eigenvalue weighted by molar-refractivity contribution is -0.123. The van der Waals surface area contributed by atoms with Gasteiger partial charge in [-0.05, 0) is 30.4 Å². The maximum Gasteiger partial charge on any atom is 0.238 e. The Bertz CT molecular complexity index is 640. The molecule has 0 N–H and O–H groups in total. The average molecular weight is 275 g/mol. The minimum absolute atomic E-state index is 0.0787. The molecule has 20 heavy (non-hydrogen) atoms. The SMILES string of the molecule is O=C1C2C3C=CC(C3)C2C(=O)N1c1ccc(F)cc1F. The van der Waals surface area contributed by atoms with Gasteiger partial charge in [0.2, 0.25) is 11.8 Å². The highest BCUT2D eigenvalue weighted by molar-refractivity contribution is 6.22. The van der Waals surface area contributed by atoms with Crippen molar-refractivity contribution in [2.75, 3.05) is 4.90 Å². The van der Waals surface area contributed by atoms with E-state index in [1.54, 1.807) is 0 Å². The van der Waals surface area contributed by atoms with Crippen molar-refractivity contribution < 1.29 is 18.4 Å². The minimum Gasteiger partial charge on any atom is -0.274 e. The molecule has 0 radical (unpaired) electrons. The van der Waals surface area contributed by atoms with E-state index in [4.69, 9.17) is 0 Å². The lowest BCUT2D eigenvalue weighted by atomic mass is 9.85. The minimum atomic E-state index is -0.882. The highest BCUT2D eigenvalue weighted by Crippen LogP contribution is 2.53. The molecule has 5 heteroatoms. The van der Waals surface area contributed by atoms with Gasteiger partial charge in [-0.15, -0.1) is 0 Å². The Morgan fingerprint density at radius 2 is 1.60 bits per heavy atom. The van der Waals surface area contributed by atoms with E-state index in [0.29, 0.717) is 6.07 Å². The van der Waals surface area contributed by atoms with E-state index in [0.717, 1.165) is 23.5 Å². The highest BCUT2D eigenvalue weighted by Gasteiger charge is 2.59. The highest BCUT2D eigenvalue weighted by atomic mass is 19.1. The molecule has 1 aliphatic heterocycles. The summed E-state index contributed by atoms with van der Waals surface area (Å²) in [5.41, 5.74) is -0.143. The maximum absolute atomic E-state index is 13.8. The van der Waals surface area contributed by atoms with Crippen LogP contribution < -0.4 is 4.90 Å². The molecule has 102 valence electrons. The number of allylic oxidation sites excluding steroid dienone is 2. The van der Waals surface area contributed by atoms with Crippen molar-refractivity contribution in [1.29, 1.82) is 0 Å². The zero-order chi connectivity index (χ0) is 14.0. The summed E-state index contributed by atoms with van der Waals surface area (Å²) in [5, 5.41) is 0. The first-order chi connectivity index (χ1) is 9.58. The third-order valence-electron chi connectivity index (χ3n) is 4.62. The van der Waals surface area contributed by atoms with Crippen LogP contribution in [0.4, 0.5) is 14.5 Å². The molecule has 2 bridgehead atoms. The third-order valence-corrected chi connectivity index (χ3v) is 4.62. The molecule has 2 aliphatic carbocycles. The fourth-order valence-electron chi connectivity index (χ4n) is 3.80. The topological polar surface area (TPSA) is 37.4 Å². The largest absolute Gasteiger partial charge is 0.274 e. The Kier molecular flexibility index (Phi) is 2.20. The van der Waals surface area contributed by atoms with Crippen molar-refractivity contribution in [3.63, 3.8) is 0 Å². The molecule has 1 aromatic rings. The van der Waals surface area contributed by atoms with Gasteiger partial charge < -0.3 is 0 Å². The number of amides is 2. The van der Waals surface area contributed by atoms with E-state index in [9.17, 15) is 18.4 Å². The lowest BCUT2D eigenvalue weighted by Crippen LogP contribution is -2.33. The number of rotatable bonds is 1. The number of fused-ring (bicyclic) bond motifs is 5. The molecule has 0 aromatic heterocycles. The van der Waals surface area contributed by atoms with Crippen LogP contribution in [0.5, 0.6) is 0 Å². The van der Waals surface area contributed by atoms with Crippen LogP contribution in [0, 0.1) is 35.3 Å². The Labute approximate surface area is 113 Å². The van der Waals surface area contributed by atoms with E-state index >= 15 is 0 Å². The number of carbonyl (C=O) groups excluding carboxylic acids is 2. The van der Waals surface area contributed by atoms with Crippen LogP contribution in [0.15, 0.2) is 30.4 Å². The number of nitrogens with zero attached hydrogens (tertiary/aromatic N) is 1. The summed E-state index contributed by atoms with van der Waals surface area (Å²) >= 11 is 0. The predicted molar refractivity (Wildman–Crippen MR) is 66.6 cm³/mol. The third kappa shape index (κ3) is 1.32. The zero-order valence-corrected chi connectivity index (χ0v) is 10.4. The molecule has 4 atom stereocenters. The van der Waals surface area contributed by atoms with Gasteiger partial charge in [-0.2, -0.15) is 0 Å². The van der Waals surface area contributed by atoms with Crippen LogP contribution in [-0.4, -0.2) is 11.8 Å². The molecule has 4 rings (SSSR count). The van der Waals surface area contributed by atoms with Crippen LogP contribution in [0.25, 0.3) is 0 Å². The monoisotopic (exact) mass is 275 g/mol. The van der Waals surface area contributed by atoms with Crippen molar-refractivity contribution in [1.82, 2.24) is 0 Å². The van der Waals surface area contributed by atoms with Gasteiger partial charge in [-0.3, -0.25) is 9.59 Å². The number of imide groups is 1. The second kappa shape index (κ2) is 3.75. The number of carbonyl (C=O) groups is 2. The molecule has 3 aliphatic rings. The van der Waals surface area contributed by atoms with Crippen molar-refractivity contribution in [3.8, 4) is 0 Å². The molecule has 4 unspecified atom stereocenters. The van der Waals surface area contributed by atoms with Crippen molar-refractivity contribution in [2.24, 2.45) is 23.7 Å². The Balaban J connectivity index is 1.78. The second-order valence-corrected chi connectivity index (χ2v) is 5.61. The predicted octanol–water partition coefficient (Wildman–Crippen LogP) is 2.28. The maximum atomic E-state index is 13.8. The summed E-state index contributed by atoms with van der Waals surface area (Å²) in [6.45, 7) is 0. The van der Waals surface area contributed by atoms with Gasteiger partial charge in [0, 0.05) is 6.07 Å². The number of hydrogen-bond acceptors (Lipinski definition) is 2. The fourth-order valence-corrected chi connectivity index (χ4v) is 3.80. The summed E-state index contributed by atoms with van der Waals surface area (Å²) in [6, 6.07) is 2.90. The van der Waals surface area contributed by atoms with E-state index in [1.165, 1.54) is 0 Å². The summed E-state index contributed by atoms with van der Waals surface area (Å²) < 4.78 is 26.8. The molecule has 0 spiro atoms. The molecular weight excluding hydrogens is 264 g/mol. The zero-order valence-electron chi connectivity index (χ0n) is 10.4. The summed E-state index contributed by atoms with van der Waals surface area (Å²) in [6.07, 6.45) is 4.77. The normalized spacial score (nSPS) is 34.2. The smallest absolute Gasteiger partial charge is 0.238 e. The molecule has 1 saturated heterocycles. The first-order valence-electron chi connectivity index (χ1n) is 6.59. The van der Waals surface area contributed by atoms with Gasteiger partial charge in [-0.25, -0.2) is 13.7 Å². The number of halogens is 2. The summed E-state index contributed by atoms with van der Waals surface area (Å²) in [4.78, 5) is 25.8. The molecule has 1 aromatic carbocycles. The van der Waals surface area contributed by atoms with E-state index in [-0.39, 0.29) is 41.2 Å². The van der Waals surface area contributed by atoms with Gasteiger partial charge in [0.1, 0.15) is 11.6 Å². The Morgan fingerprint density at radius 3 is 2.15 bits per heavy atom. The second-order valence-electron chi connectivity index (χ2n) is 5.61. The van der Waals surface area contributed by atoms with E-state index in [1.807, 2.05) is 12.2 Å². The quantitative estimate of drug-likeness (QED) is 0.582. The molecule has 1 heterocycles. The first kappa shape index (κ1) is 11.8. The van der Waals surface area contributed by atoms with Gasteiger partial charge in [-0.1, -0.05) is 12.2 Å². The molecular formula is C15H11F2NO2. The van der Waals surface area contributed by atoms with Crippen LogP contribution in [0.2, 0.25) is 0 Å². The average Bonchev–Trinajstić information content (AvgIpc) is 3.06. The van der Waals surface area contributed by atoms with Crippen LogP contribution in [0.3, 0.4) is 0 Å². The van der Waals surface area contributed by atoms with Gasteiger partial charge in [0.15, 0.2) is 0 Å².